The minimum atomic E-state index is 0.877. The predicted molar refractivity (Wildman–Crippen MR) is 103 cm³/mol. The third-order valence-corrected chi connectivity index (χ3v) is 5.01. The molecule has 0 nitrogen and oxygen atoms in total. The first-order valence-corrected chi connectivity index (χ1v) is 10.2. The predicted octanol–water partition coefficient (Wildman–Crippen LogP) is 8.17. The van der Waals surface area contributed by atoms with E-state index in [1.807, 2.05) is 0 Å². The first kappa shape index (κ1) is 21.7. The van der Waals surface area contributed by atoms with Crippen molar-refractivity contribution in [3.8, 4) is 0 Å². The average Bonchev–Trinajstić information content (AvgIpc) is 2.46. The molecule has 0 aromatic carbocycles. The van der Waals surface area contributed by atoms with Crippen molar-refractivity contribution in [1.29, 1.82) is 0 Å². The third-order valence-electron chi connectivity index (χ3n) is 5.01. The normalized spacial score (nSPS) is 15.3. The maximum atomic E-state index is 2.46. The molecule has 0 aromatic heterocycles. The van der Waals surface area contributed by atoms with E-state index in [-0.39, 0.29) is 0 Å². The molecule has 0 aromatic rings. The van der Waals surface area contributed by atoms with Crippen LogP contribution in [-0.2, 0) is 0 Å². The first-order valence-electron chi connectivity index (χ1n) is 10.2. The molecule has 0 N–H and O–H groups in total. The molecule has 2 atom stereocenters. The number of hydrogen-bond acceptors (Lipinski definition) is 0. The largest absolute Gasteiger partial charge is 0.0856 e. The van der Waals surface area contributed by atoms with E-state index in [0.717, 1.165) is 17.8 Å². The van der Waals surface area contributed by atoms with Crippen LogP contribution in [0, 0.1) is 17.8 Å². The zero-order valence-corrected chi connectivity index (χ0v) is 16.6. The van der Waals surface area contributed by atoms with Gasteiger partial charge in [0.2, 0.25) is 0 Å². The molecule has 132 valence electrons. The van der Waals surface area contributed by atoms with Crippen LogP contribution in [0.5, 0.6) is 0 Å². The van der Waals surface area contributed by atoms with Crippen LogP contribution in [-0.4, -0.2) is 0 Å². The monoisotopic (exact) mass is 308 g/mol. The first-order chi connectivity index (χ1) is 10.5. The van der Waals surface area contributed by atoms with Crippen LogP contribution < -0.4 is 0 Å². The Kier molecular flexibility index (Phi) is 14.2. The Balaban J connectivity index is 3.60. The van der Waals surface area contributed by atoms with Gasteiger partial charge in [0.15, 0.2) is 0 Å². The fourth-order valence-electron chi connectivity index (χ4n) is 3.37. The summed E-state index contributed by atoms with van der Waals surface area (Å²) in [5, 5.41) is 0. The molecule has 0 aliphatic rings. The second-order valence-electron chi connectivity index (χ2n) is 7.98. The molecular formula is C22H44. The van der Waals surface area contributed by atoms with Crippen molar-refractivity contribution in [3.63, 3.8) is 0 Å². The van der Waals surface area contributed by atoms with E-state index in [1.165, 1.54) is 70.6 Å². The average molecular weight is 309 g/mol. The second-order valence-corrected chi connectivity index (χ2v) is 7.98. The second kappa shape index (κ2) is 14.3. The molecule has 22 heavy (non-hydrogen) atoms. The van der Waals surface area contributed by atoms with E-state index in [4.69, 9.17) is 0 Å². The Bertz CT molecular complexity index is 261. The van der Waals surface area contributed by atoms with Gasteiger partial charge in [-0.2, -0.15) is 0 Å². The number of rotatable bonds is 14. The molecule has 0 fully saturated rings. The van der Waals surface area contributed by atoms with Gasteiger partial charge in [-0.3, -0.25) is 0 Å². The quantitative estimate of drug-likeness (QED) is 0.284. The summed E-state index contributed by atoms with van der Waals surface area (Å²) in [6, 6.07) is 0. The third kappa shape index (κ3) is 13.4. The number of hydrogen-bond donors (Lipinski definition) is 0. The molecule has 0 saturated carbocycles. The van der Waals surface area contributed by atoms with Gasteiger partial charge in [-0.15, -0.1) is 0 Å². The topological polar surface area (TPSA) is 0 Å². The van der Waals surface area contributed by atoms with E-state index >= 15 is 0 Å². The van der Waals surface area contributed by atoms with Gasteiger partial charge in [-0.05, 0) is 43.4 Å². The summed E-state index contributed by atoms with van der Waals surface area (Å²) in [5.74, 6) is 2.73. The summed E-state index contributed by atoms with van der Waals surface area (Å²) in [4.78, 5) is 0. The number of allylic oxidation sites excluding steroid dienone is 2. The van der Waals surface area contributed by atoms with Crippen LogP contribution in [0.3, 0.4) is 0 Å². The zero-order valence-electron chi connectivity index (χ0n) is 16.6. The van der Waals surface area contributed by atoms with Gasteiger partial charge in [0, 0.05) is 0 Å². The van der Waals surface area contributed by atoms with Crippen molar-refractivity contribution < 1.29 is 0 Å². The van der Waals surface area contributed by atoms with Gasteiger partial charge < -0.3 is 0 Å². The van der Waals surface area contributed by atoms with Crippen LogP contribution in [0.2, 0.25) is 0 Å². The van der Waals surface area contributed by atoms with Crippen molar-refractivity contribution in [1.82, 2.24) is 0 Å². The van der Waals surface area contributed by atoms with Crippen molar-refractivity contribution in [3.05, 3.63) is 11.6 Å². The van der Waals surface area contributed by atoms with E-state index in [0.29, 0.717) is 0 Å². The van der Waals surface area contributed by atoms with E-state index in [9.17, 15) is 0 Å². The van der Waals surface area contributed by atoms with Crippen LogP contribution in [0.1, 0.15) is 112 Å². The highest BCUT2D eigenvalue weighted by atomic mass is 14.1. The summed E-state index contributed by atoms with van der Waals surface area (Å²) in [7, 11) is 0. The van der Waals surface area contributed by atoms with Gasteiger partial charge in [0.25, 0.3) is 0 Å². The smallest absolute Gasteiger partial charge is 0.0320 e. The van der Waals surface area contributed by atoms with Crippen molar-refractivity contribution in [2.24, 2.45) is 17.8 Å². The van der Waals surface area contributed by atoms with Crippen LogP contribution in [0.15, 0.2) is 11.6 Å². The molecule has 0 aliphatic carbocycles. The Hall–Kier alpha value is -0.260. The Morgan fingerprint density at radius 2 is 1.23 bits per heavy atom. The van der Waals surface area contributed by atoms with Crippen molar-refractivity contribution in [2.45, 2.75) is 112 Å². The molecule has 0 heteroatoms. The lowest BCUT2D eigenvalue weighted by Gasteiger charge is -2.15. The van der Waals surface area contributed by atoms with Crippen LogP contribution >= 0.6 is 0 Å². The van der Waals surface area contributed by atoms with Gasteiger partial charge in [-0.1, -0.05) is 98.1 Å². The molecular weight excluding hydrogens is 264 g/mol. The Morgan fingerprint density at radius 3 is 1.68 bits per heavy atom. The molecule has 2 unspecified atom stereocenters. The fraction of sp³-hybridized carbons (Fsp3) is 0.909. The van der Waals surface area contributed by atoms with E-state index < -0.39 is 0 Å². The molecule has 0 amide bonds. The Morgan fingerprint density at radius 1 is 0.727 bits per heavy atom. The summed E-state index contributed by atoms with van der Waals surface area (Å²) >= 11 is 0. The van der Waals surface area contributed by atoms with Gasteiger partial charge >= 0.3 is 0 Å². The minimum absolute atomic E-state index is 0.877. The van der Waals surface area contributed by atoms with E-state index in [1.54, 1.807) is 5.57 Å². The highest BCUT2D eigenvalue weighted by molar-refractivity contribution is 5.00. The lowest BCUT2D eigenvalue weighted by molar-refractivity contribution is 0.388. The Labute approximate surface area is 142 Å². The fourth-order valence-corrected chi connectivity index (χ4v) is 3.37. The summed E-state index contributed by atoms with van der Waals surface area (Å²) < 4.78 is 0. The lowest BCUT2D eigenvalue weighted by atomic mass is 9.91. The van der Waals surface area contributed by atoms with E-state index in [2.05, 4.69) is 47.6 Å². The van der Waals surface area contributed by atoms with Crippen LogP contribution in [0.4, 0.5) is 0 Å². The highest BCUT2D eigenvalue weighted by Crippen LogP contribution is 2.22. The lowest BCUT2D eigenvalue weighted by Crippen LogP contribution is -2.00. The maximum Gasteiger partial charge on any atom is -0.0320 e. The summed E-state index contributed by atoms with van der Waals surface area (Å²) in [6.07, 6.45) is 17.6. The molecule has 0 heterocycles. The van der Waals surface area contributed by atoms with Gasteiger partial charge in [0.1, 0.15) is 0 Å². The molecule has 0 spiro atoms. The van der Waals surface area contributed by atoms with Crippen molar-refractivity contribution in [2.75, 3.05) is 0 Å². The molecule has 0 bridgehead atoms. The van der Waals surface area contributed by atoms with Gasteiger partial charge in [0.05, 0.1) is 0 Å². The zero-order chi connectivity index (χ0) is 16.8. The standard InChI is InChI=1S/C22H44/c1-7-12-22(8-2)18-11-17-21(6)16-10-15-20(5)14-9-13-19(3)4/h12,19-21H,7-11,13-18H2,1-6H3. The van der Waals surface area contributed by atoms with Crippen molar-refractivity contribution >= 4 is 0 Å². The summed E-state index contributed by atoms with van der Waals surface area (Å²) in [6.45, 7) is 14.1. The van der Waals surface area contributed by atoms with Crippen LogP contribution in [0.25, 0.3) is 0 Å². The highest BCUT2D eigenvalue weighted by Gasteiger charge is 2.06. The molecule has 0 rings (SSSR count). The van der Waals surface area contributed by atoms with Gasteiger partial charge in [-0.25, -0.2) is 0 Å². The SMILES string of the molecule is CCC=C(CC)CCCC(C)CCCC(C)CCCC(C)C. The molecule has 0 radical (unpaired) electrons. The summed E-state index contributed by atoms with van der Waals surface area (Å²) in [5.41, 5.74) is 1.67. The minimum Gasteiger partial charge on any atom is -0.0856 e. The maximum absolute atomic E-state index is 2.46. The molecule has 0 saturated heterocycles. The molecule has 0 aliphatic heterocycles.